The maximum atomic E-state index is 12.6. The minimum Gasteiger partial charge on any atom is -0.495 e. The van der Waals surface area contributed by atoms with Crippen molar-refractivity contribution in [1.29, 1.82) is 0 Å². The Morgan fingerprint density at radius 3 is 2.33 bits per heavy atom. The van der Waals surface area contributed by atoms with E-state index >= 15 is 0 Å². The van der Waals surface area contributed by atoms with Crippen molar-refractivity contribution in [2.45, 2.75) is 6.92 Å². The standard InChI is InChI=1S/C20H24ClN3O3/c1-14-4-6-19(27-3)17(12-14)23-8-10-24(11-9-23)20(25)22-16-13-15(21)5-7-18(16)26-2/h4-7,12-13H,8-11H2,1-3H3,(H,22,25). The fourth-order valence-electron chi connectivity index (χ4n) is 3.17. The molecule has 1 aliphatic heterocycles. The van der Waals surface area contributed by atoms with E-state index in [2.05, 4.69) is 23.2 Å². The predicted octanol–water partition coefficient (Wildman–Crippen LogP) is 4.02. The number of urea groups is 1. The molecule has 1 fully saturated rings. The van der Waals surface area contributed by atoms with Gasteiger partial charge in [0.15, 0.2) is 0 Å². The Kier molecular flexibility index (Phi) is 5.96. The molecule has 1 N–H and O–H groups in total. The van der Waals surface area contributed by atoms with Gasteiger partial charge in [0, 0.05) is 31.2 Å². The molecule has 2 amide bonds. The summed E-state index contributed by atoms with van der Waals surface area (Å²) in [6.07, 6.45) is 0. The summed E-state index contributed by atoms with van der Waals surface area (Å²) >= 11 is 6.03. The van der Waals surface area contributed by atoms with Gasteiger partial charge in [0.1, 0.15) is 11.5 Å². The molecule has 2 aromatic carbocycles. The monoisotopic (exact) mass is 389 g/mol. The molecule has 0 aliphatic carbocycles. The average molecular weight is 390 g/mol. The van der Waals surface area contributed by atoms with Crippen LogP contribution >= 0.6 is 11.6 Å². The minimum absolute atomic E-state index is 0.161. The summed E-state index contributed by atoms with van der Waals surface area (Å²) in [6.45, 7) is 4.77. The Morgan fingerprint density at radius 1 is 1.00 bits per heavy atom. The Balaban J connectivity index is 1.65. The molecule has 1 heterocycles. The minimum atomic E-state index is -0.161. The van der Waals surface area contributed by atoms with E-state index in [0.717, 1.165) is 24.5 Å². The molecule has 0 atom stereocenters. The number of nitrogens with one attached hydrogen (secondary N) is 1. The van der Waals surface area contributed by atoms with E-state index in [1.54, 1.807) is 37.3 Å². The molecule has 6 nitrogen and oxygen atoms in total. The summed E-state index contributed by atoms with van der Waals surface area (Å²) < 4.78 is 10.8. The molecular formula is C20H24ClN3O3. The van der Waals surface area contributed by atoms with Gasteiger partial charge in [-0.15, -0.1) is 0 Å². The van der Waals surface area contributed by atoms with E-state index in [1.165, 1.54) is 5.56 Å². The van der Waals surface area contributed by atoms with Crippen LogP contribution in [0.15, 0.2) is 36.4 Å². The second kappa shape index (κ2) is 8.39. The Labute approximate surface area is 164 Å². The number of anilines is 2. The smallest absolute Gasteiger partial charge is 0.322 e. The third-order valence-corrected chi connectivity index (χ3v) is 4.88. The van der Waals surface area contributed by atoms with Crippen LogP contribution in [0.3, 0.4) is 0 Å². The van der Waals surface area contributed by atoms with Gasteiger partial charge >= 0.3 is 6.03 Å². The van der Waals surface area contributed by atoms with E-state index in [0.29, 0.717) is 29.5 Å². The molecule has 0 bridgehead atoms. The topological polar surface area (TPSA) is 54.0 Å². The SMILES string of the molecule is COc1ccc(Cl)cc1NC(=O)N1CCN(c2cc(C)ccc2OC)CC1. The number of benzene rings is 2. The lowest BCUT2D eigenvalue weighted by molar-refractivity contribution is 0.208. The molecule has 0 unspecified atom stereocenters. The van der Waals surface area contributed by atoms with Crippen molar-refractivity contribution in [3.8, 4) is 11.5 Å². The number of rotatable bonds is 4. The highest BCUT2D eigenvalue weighted by Gasteiger charge is 2.23. The number of nitrogens with zero attached hydrogens (tertiary/aromatic N) is 2. The number of carbonyl (C=O) groups excluding carboxylic acids is 1. The number of hydrogen-bond donors (Lipinski definition) is 1. The van der Waals surface area contributed by atoms with Crippen LogP contribution in [0.2, 0.25) is 5.02 Å². The number of halogens is 1. The van der Waals surface area contributed by atoms with Gasteiger partial charge in [-0.25, -0.2) is 4.79 Å². The summed E-state index contributed by atoms with van der Waals surface area (Å²) in [5.74, 6) is 1.43. The van der Waals surface area contributed by atoms with Gasteiger partial charge in [0.25, 0.3) is 0 Å². The van der Waals surface area contributed by atoms with Crippen molar-refractivity contribution in [3.05, 3.63) is 47.0 Å². The van der Waals surface area contributed by atoms with Gasteiger partial charge < -0.3 is 24.6 Å². The van der Waals surface area contributed by atoms with E-state index in [1.807, 2.05) is 12.1 Å². The summed E-state index contributed by atoms with van der Waals surface area (Å²) in [5.41, 5.74) is 2.81. The van der Waals surface area contributed by atoms with Crippen LogP contribution in [0.25, 0.3) is 0 Å². The molecule has 1 saturated heterocycles. The second-order valence-electron chi connectivity index (χ2n) is 6.42. The van der Waals surface area contributed by atoms with Crippen LogP contribution in [0.4, 0.5) is 16.2 Å². The lowest BCUT2D eigenvalue weighted by Crippen LogP contribution is -2.50. The molecule has 0 radical (unpaired) electrons. The molecule has 3 rings (SSSR count). The zero-order valence-corrected chi connectivity index (χ0v) is 16.5. The molecule has 2 aromatic rings. The van der Waals surface area contributed by atoms with Gasteiger partial charge in [-0.1, -0.05) is 17.7 Å². The first-order valence-electron chi connectivity index (χ1n) is 8.81. The van der Waals surface area contributed by atoms with Crippen molar-refractivity contribution in [3.63, 3.8) is 0 Å². The van der Waals surface area contributed by atoms with Crippen LogP contribution in [-0.2, 0) is 0 Å². The summed E-state index contributed by atoms with van der Waals surface area (Å²) in [4.78, 5) is 16.7. The Morgan fingerprint density at radius 2 is 1.67 bits per heavy atom. The first-order valence-corrected chi connectivity index (χ1v) is 9.18. The average Bonchev–Trinajstić information content (AvgIpc) is 2.68. The quantitative estimate of drug-likeness (QED) is 0.858. The van der Waals surface area contributed by atoms with Crippen molar-refractivity contribution in [2.75, 3.05) is 50.6 Å². The molecule has 0 spiro atoms. The number of carbonyl (C=O) groups is 1. The first kappa shape index (κ1) is 19.2. The summed E-state index contributed by atoms with van der Waals surface area (Å²) in [5, 5.41) is 3.44. The second-order valence-corrected chi connectivity index (χ2v) is 6.86. The first-order chi connectivity index (χ1) is 13.0. The number of methoxy groups -OCH3 is 2. The predicted molar refractivity (Wildman–Crippen MR) is 109 cm³/mol. The summed E-state index contributed by atoms with van der Waals surface area (Å²) in [7, 11) is 3.24. The fourth-order valence-corrected chi connectivity index (χ4v) is 3.34. The van der Waals surface area contributed by atoms with Gasteiger partial charge in [0.05, 0.1) is 25.6 Å². The Bertz CT molecular complexity index is 820. The lowest BCUT2D eigenvalue weighted by atomic mass is 10.1. The Hall–Kier alpha value is -2.60. The van der Waals surface area contributed by atoms with Crippen molar-refractivity contribution >= 4 is 29.0 Å². The maximum Gasteiger partial charge on any atom is 0.322 e. The van der Waals surface area contributed by atoms with Gasteiger partial charge in [-0.2, -0.15) is 0 Å². The van der Waals surface area contributed by atoms with Gasteiger partial charge in [-0.05, 0) is 42.8 Å². The zero-order valence-electron chi connectivity index (χ0n) is 15.8. The maximum absolute atomic E-state index is 12.6. The molecule has 1 aliphatic rings. The highest BCUT2D eigenvalue weighted by Crippen LogP contribution is 2.31. The highest BCUT2D eigenvalue weighted by molar-refractivity contribution is 6.31. The van der Waals surface area contributed by atoms with Crippen LogP contribution in [0.5, 0.6) is 11.5 Å². The number of aryl methyl sites for hydroxylation is 1. The lowest BCUT2D eigenvalue weighted by Gasteiger charge is -2.36. The number of amides is 2. The largest absolute Gasteiger partial charge is 0.495 e. The highest BCUT2D eigenvalue weighted by atomic mass is 35.5. The van der Waals surface area contributed by atoms with E-state index in [4.69, 9.17) is 21.1 Å². The summed E-state index contributed by atoms with van der Waals surface area (Å²) in [6, 6.07) is 11.1. The van der Waals surface area contributed by atoms with Gasteiger partial charge in [0.2, 0.25) is 0 Å². The molecule has 0 saturated carbocycles. The van der Waals surface area contributed by atoms with Crippen LogP contribution in [0, 0.1) is 6.92 Å². The fraction of sp³-hybridized carbons (Fsp3) is 0.350. The van der Waals surface area contributed by atoms with Crippen LogP contribution in [-0.4, -0.2) is 51.3 Å². The molecular weight excluding hydrogens is 366 g/mol. The van der Waals surface area contributed by atoms with Crippen LogP contribution < -0.4 is 19.7 Å². The third-order valence-electron chi connectivity index (χ3n) is 4.65. The zero-order chi connectivity index (χ0) is 19.4. The van der Waals surface area contributed by atoms with Crippen LogP contribution in [0.1, 0.15) is 5.56 Å². The number of hydrogen-bond acceptors (Lipinski definition) is 4. The normalized spacial score (nSPS) is 14.1. The molecule has 7 heteroatoms. The number of ether oxygens (including phenoxy) is 2. The van der Waals surface area contributed by atoms with E-state index in [-0.39, 0.29) is 6.03 Å². The van der Waals surface area contributed by atoms with E-state index < -0.39 is 0 Å². The van der Waals surface area contributed by atoms with Crippen molar-refractivity contribution in [1.82, 2.24) is 4.90 Å². The van der Waals surface area contributed by atoms with Crippen molar-refractivity contribution < 1.29 is 14.3 Å². The van der Waals surface area contributed by atoms with Gasteiger partial charge in [-0.3, -0.25) is 0 Å². The third kappa shape index (κ3) is 4.39. The number of piperazine rings is 1. The van der Waals surface area contributed by atoms with E-state index in [9.17, 15) is 4.79 Å². The molecule has 0 aromatic heterocycles. The molecule has 27 heavy (non-hydrogen) atoms. The van der Waals surface area contributed by atoms with Crippen molar-refractivity contribution in [2.24, 2.45) is 0 Å². The molecule has 144 valence electrons.